The Hall–Kier alpha value is -0.900. The first-order valence-corrected chi connectivity index (χ1v) is 5.67. The quantitative estimate of drug-likeness (QED) is 0.699. The first kappa shape index (κ1) is 10.6. The van der Waals surface area contributed by atoms with Crippen molar-refractivity contribution in [3.63, 3.8) is 0 Å². The molecule has 2 atom stereocenters. The van der Waals surface area contributed by atoms with Crippen LogP contribution in [0.5, 0.6) is 0 Å². The van der Waals surface area contributed by atoms with E-state index in [9.17, 15) is 9.59 Å². The van der Waals surface area contributed by atoms with Crippen molar-refractivity contribution in [1.82, 2.24) is 10.2 Å². The second-order valence-corrected chi connectivity index (χ2v) is 4.75. The fraction of sp³-hybridized carbons (Fsp3) is 0.818. The molecular formula is C11H18N2O2. The van der Waals surface area contributed by atoms with Crippen LogP contribution in [0, 0.1) is 11.8 Å². The summed E-state index contributed by atoms with van der Waals surface area (Å²) in [4.78, 5) is 24.7. The number of Topliss-reactive ketones (excluding diaryl/α,β-unsaturated/α-hetero) is 1. The van der Waals surface area contributed by atoms with E-state index in [-0.39, 0.29) is 11.8 Å². The van der Waals surface area contributed by atoms with Crippen LogP contribution in [-0.2, 0) is 9.59 Å². The Balaban J connectivity index is 1.80. The molecule has 2 rings (SSSR count). The van der Waals surface area contributed by atoms with E-state index in [0.717, 1.165) is 26.2 Å². The van der Waals surface area contributed by atoms with E-state index in [4.69, 9.17) is 0 Å². The third kappa shape index (κ3) is 2.56. The summed E-state index contributed by atoms with van der Waals surface area (Å²) in [5.74, 6) is 1.16. The number of nitrogens with zero attached hydrogens (tertiary/aromatic N) is 1. The molecule has 2 aliphatic rings. The number of amides is 1. The molecule has 1 N–H and O–H groups in total. The molecule has 2 fully saturated rings. The summed E-state index contributed by atoms with van der Waals surface area (Å²) >= 11 is 0. The van der Waals surface area contributed by atoms with Crippen molar-refractivity contribution in [2.45, 2.75) is 19.8 Å². The van der Waals surface area contributed by atoms with E-state index in [1.165, 1.54) is 0 Å². The maximum Gasteiger partial charge on any atom is 0.220 e. The molecule has 0 aromatic heterocycles. The molecule has 15 heavy (non-hydrogen) atoms. The number of nitrogens with one attached hydrogen (secondary N) is 1. The number of rotatable bonds is 2. The van der Waals surface area contributed by atoms with Gasteiger partial charge in [0.15, 0.2) is 0 Å². The highest BCUT2D eigenvalue weighted by Gasteiger charge is 2.28. The van der Waals surface area contributed by atoms with Gasteiger partial charge in [0.1, 0.15) is 5.78 Å². The maximum absolute atomic E-state index is 11.3. The summed E-state index contributed by atoms with van der Waals surface area (Å²) in [6, 6.07) is 0. The summed E-state index contributed by atoms with van der Waals surface area (Å²) in [5, 5.41) is 2.85. The van der Waals surface area contributed by atoms with Crippen LogP contribution in [0.3, 0.4) is 0 Å². The fourth-order valence-corrected chi connectivity index (χ4v) is 2.42. The van der Waals surface area contributed by atoms with Crippen molar-refractivity contribution in [2.24, 2.45) is 11.8 Å². The SMILES string of the molecule is CC1CN(CC2CNC(=O)C2)CCC1=O. The summed E-state index contributed by atoms with van der Waals surface area (Å²) < 4.78 is 0. The predicted molar refractivity (Wildman–Crippen MR) is 56.3 cm³/mol. The lowest BCUT2D eigenvalue weighted by Gasteiger charge is -2.31. The molecular weight excluding hydrogens is 192 g/mol. The molecule has 0 bridgehead atoms. The van der Waals surface area contributed by atoms with Crippen LogP contribution in [-0.4, -0.2) is 42.8 Å². The van der Waals surface area contributed by atoms with Crippen LogP contribution in [0.15, 0.2) is 0 Å². The Bertz CT molecular complexity index is 278. The zero-order valence-electron chi connectivity index (χ0n) is 9.16. The lowest BCUT2D eigenvalue weighted by atomic mass is 9.97. The zero-order valence-corrected chi connectivity index (χ0v) is 9.16. The molecule has 2 heterocycles. The molecule has 4 nitrogen and oxygen atoms in total. The number of carbonyl (C=O) groups is 2. The third-order valence-electron chi connectivity index (χ3n) is 3.33. The molecule has 0 aromatic rings. The second-order valence-electron chi connectivity index (χ2n) is 4.75. The van der Waals surface area contributed by atoms with Gasteiger partial charge in [0.25, 0.3) is 0 Å². The first-order valence-electron chi connectivity index (χ1n) is 5.67. The highest BCUT2D eigenvalue weighted by atomic mass is 16.2. The van der Waals surface area contributed by atoms with Gasteiger partial charge < -0.3 is 10.2 Å². The summed E-state index contributed by atoms with van der Waals surface area (Å²) in [6.07, 6.45) is 1.33. The number of ketones is 1. The van der Waals surface area contributed by atoms with E-state index in [0.29, 0.717) is 24.5 Å². The van der Waals surface area contributed by atoms with Gasteiger partial charge in [0.05, 0.1) is 0 Å². The number of piperidine rings is 1. The molecule has 0 aromatic carbocycles. The van der Waals surface area contributed by atoms with Crippen molar-refractivity contribution in [2.75, 3.05) is 26.2 Å². The molecule has 0 spiro atoms. The largest absolute Gasteiger partial charge is 0.356 e. The van der Waals surface area contributed by atoms with Crippen molar-refractivity contribution < 1.29 is 9.59 Å². The normalized spacial score (nSPS) is 33.1. The number of hydrogen-bond donors (Lipinski definition) is 1. The zero-order chi connectivity index (χ0) is 10.8. The molecule has 1 amide bonds. The Kier molecular flexibility index (Phi) is 3.05. The second kappa shape index (κ2) is 4.31. The minimum Gasteiger partial charge on any atom is -0.356 e. The van der Waals surface area contributed by atoms with E-state index in [2.05, 4.69) is 10.2 Å². The molecule has 0 saturated carbocycles. The number of likely N-dealkylation sites (tertiary alicyclic amines) is 1. The van der Waals surface area contributed by atoms with Crippen LogP contribution in [0.1, 0.15) is 19.8 Å². The highest BCUT2D eigenvalue weighted by Crippen LogP contribution is 2.16. The minimum absolute atomic E-state index is 0.168. The number of carbonyl (C=O) groups excluding carboxylic acids is 2. The van der Waals surface area contributed by atoms with E-state index in [1.54, 1.807) is 0 Å². The van der Waals surface area contributed by atoms with Gasteiger partial charge in [-0.3, -0.25) is 9.59 Å². The van der Waals surface area contributed by atoms with Crippen LogP contribution in [0.25, 0.3) is 0 Å². The van der Waals surface area contributed by atoms with E-state index < -0.39 is 0 Å². The van der Waals surface area contributed by atoms with E-state index >= 15 is 0 Å². The molecule has 4 heteroatoms. The Labute approximate surface area is 90.0 Å². The maximum atomic E-state index is 11.3. The van der Waals surface area contributed by atoms with Crippen molar-refractivity contribution in [3.05, 3.63) is 0 Å². The number of hydrogen-bond acceptors (Lipinski definition) is 3. The predicted octanol–water partition coefficient (Wildman–Crippen LogP) is 0.0334. The molecule has 0 radical (unpaired) electrons. The van der Waals surface area contributed by atoms with Gasteiger partial charge in [0.2, 0.25) is 5.91 Å². The van der Waals surface area contributed by atoms with Crippen molar-refractivity contribution in [3.8, 4) is 0 Å². The Morgan fingerprint density at radius 3 is 2.87 bits per heavy atom. The van der Waals surface area contributed by atoms with Gasteiger partial charge in [-0.25, -0.2) is 0 Å². The summed E-state index contributed by atoms with van der Waals surface area (Å²) in [5.41, 5.74) is 0. The fourth-order valence-electron chi connectivity index (χ4n) is 2.42. The van der Waals surface area contributed by atoms with Gasteiger partial charge in [-0.2, -0.15) is 0 Å². The average Bonchev–Trinajstić information content (AvgIpc) is 2.58. The Morgan fingerprint density at radius 1 is 1.47 bits per heavy atom. The molecule has 0 aliphatic carbocycles. The smallest absolute Gasteiger partial charge is 0.220 e. The average molecular weight is 210 g/mol. The summed E-state index contributed by atoms with van der Waals surface area (Å²) in [7, 11) is 0. The molecule has 2 saturated heterocycles. The van der Waals surface area contributed by atoms with Gasteiger partial charge in [0, 0.05) is 44.9 Å². The molecule has 84 valence electrons. The Morgan fingerprint density at radius 2 is 2.27 bits per heavy atom. The first-order chi connectivity index (χ1) is 7.15. The molecule has 2 unspecified atom stereocenters. The van der Waals surface area contributed by atoms with E-state index in [1.807, 2.05) is 6.92 Å². The van der Waals surface area contributed by atoms with Crippen molar-refractivity contribution in [1.29, 1.82) is 0 Å². The monoisotopic (exact) mass is 210 g/mol. The van der Waals surface area contributed by atoms with Gasteiger partial charge in [-0.05, 0) is 5.92 Å². The van der Waals surface area contributed by atoms with Crippen molar-refractivity contribution >= 4 is 11.7 Å². The van der Waals surface area contributed by atoms with Crippen LogP contribution in [0.2, 0.25) is 0 Å². The minimum atomic E-state index is 0.168. The van der Waals surface area contributed by atoms with Gasteiger partial charge in [-0.1, -0.05) is 6.92 Å². The van der Waals surface area contributed by atoms with Gasteiger partial charge in [-0.15, -0.1) is 0 Å². The highest BCUT2D eigenvalue weighted by molar-refractivity contribution is 5.81. The lowest BCUT2D eigenvalue weighted by molar-refractivity contribution is -0.126. The van der Waals surface area contributed by atoms with Crippen LogP contribution in [0.4, 0.5) is 0 Å². The van der Waals surface area contributed by atoms with Gasteiger partial charge >= 0.3 is 0 Å². The molecule has 2 aliphatic heterocycles. The van der Waals surface area contributed by atoms with Crippen LogP contribution >= 0.6 is 0 Å². The third-order valence-corrected chi connectivity index (χ3v) is 3.33. The lowest BCUT2D eigenvalue weighted by Crippen LogP contribution is -2.42. The summed E-state index contributed by atoms with van der Waals surface area (Å²) in [6.45, 7) is 5.48. The topological polar surface area (TPSA) is 49.4 Å². The van der Waals surface area contributed by atoms with Crippen LogP contribution < -0.4 is 5.32 Å². The standard InChI is InChI=1S/C11H18N2O2/c1-8-6-13(3-2-10(8)14)7-9-4-11(15)12-5-9/h8-9H,2-7H2,1H3,(H,12,15).